The lowest BCUT2D eigenvalue weighted by Crippen LogP contribution is -2.27. The fourth-order valence-corrected chi connectivity index (χ4v) is 3.36. The second kappa shape index (κ2) is 10.00. The average molecular weight is 433 g/mol. The van der Waals surface area contributed by atoms with Crippen molar-refractivity contribution in [3.05, 3.63) is 89.5 Å². The van der Waals surface area contributed by atoms with Crippen LogP contribution >= 0.6 is 0 Å². The van der Waals surface area contributed by atoms with E-state index in [4.69, 9.17) is 0 Å². The van der Waals surface area contributed by atoms with Crippen LogP contribution in [0.15, 0.2) is 66.7 Å². The van der Waals surface area contributed by atoms with Crippen molar-refractivity contribution in [3.63, 3.8) is 0 Å². The van der Waals surface area contributed by atoms with Gasteiger partial charge in [-0.25, -0.2) is 4.39 Å². The number of hydrogen-bond donors (Lipinski definition) is 2. The highest BCUT2D eigenvalue weighted by Gasteiger charge is 2.12. The number of hydrogen-bond acceptors (Lipinski definition) is 5. The van der Waals surface area contributed by atoms with Crippen LogP contribution in [0.1, 0.15) is 36.2 Å². The Kier molecular flexibility index (Phi) is 6.69. The van der Waals surface area contributed by atoms with E-state index in [-0.39, 0.29) is 17.6 Å². The van der Waals surface area contributed by atoms with Crippen LogP contribution in [-0.2, 0) is 17.8 Å². The Bertz CT molecular complexity index is 1180. The van der Waals surface area contributed by atoms with Gasteiger partial charge in [-0.1, -0.05) is 49.4 Å². The van der Waals surface area contributed by atoms with Gasteiger partial charge >= 0.3 is 0 Å². The summed E-state index contributed by atoms with van der Waals surface area (Å²) in [5.41, 5.74) is 2.75. The van der Waals surface area contributed by atoms with Crippen molar-refractivity contribution in [1.29, 1.82) is 0 Å². The topological polar surface area (TPSA) is 84.2 Å². The molecule has 0 radical (unpaired) electrons. The van der Waals surface area contributed by atoms with Gasteiger partial charge in [0.2, 0.25) is 5.91 Å². The lowest BCUT2D eigenvalue weighted by Gasteiger charge is -2.12. The van der Waals surface area contributed by atoms with Crippen LogP contribution in [0.5, 0.6) is 0 Å². The third-order valence-electron chi connectivity index (χ3n) is 5.26. The molecule has 1 atom stereocenters. The molecule has 2 heterocycles. The van der Waals surface area contributed by atoms with Crippen molar-refractivity contribution in [2.45, 2.75) is 32.2 Å². The molecule has 7 nitrogen and oxygen atoms in total. The summed E-state index contributed by atoms with van der Waals surface area (Å²) in [5, 5.41) is 19.0. The minimum Gasteiger partial charge on any atom is -0.365 e. The maximum atomic E-state index is 13.0. The summed E-state index contributed by atoms with van der Waals surface area (Å²) in [6, 6.07) is 20.0. The number of aryl methyl sites for hydroxylation is 1. The van der Waals surface area contributed by atoms with Gasteiger partial charge in [0, 0.05) is 25.9 Å². The Hall–Kier alpha value is -3.81. The molecule has 0 aliphatic heterocycles. The highest BCUT2D eigenvalue weighted by atomic mass is 19.1. The highest BCUT2D eigenvalue weighted by molar-refractivity contribution is 5.76. The summed E-state index contributed by atoms with van der Waals surface area (Å²) in [4.78, 5) is 12.3. The van der Waals surface area contributed by atoms with Crippen molar-refractivity contribution < 1.29 is 9.18 Å². The van der Waals surface area contributed by atoms with Crippen LogP contribution in [0.4, 0.5) is 10.2 Å². The Morgan fingerprint density at radius 2 is 1.81 bits per heavy atom. The number of carbonyl (C=O) groups excluding carboxylic acids is 1. The molecule has 0 fully saturated rings. The lowest BCUT2D eigenvalue weighted by atomic mass is 10.0. The van der Waals surface area contributed by atoms with Gasteiger partial charge in [0.1, 0.15) is 11.6 Å². The lowest BCUT2D eigenvalue weighted by molar-refractivity contribution is -0.121. The number of benzene rings is 2. The quantitative estimate of drug-likeness (QED) is 0.421. The highest BCUT2D eigenvalue weighted by Crippen LogP contribution is 2.14. The third kappa shape index (κ3) is 5.46. The molecule has 4 aromatic rings. The third-order valence-corrected chi connectivity index (χ3v) is 5.26. The summed E-state index contributed by atoms with van der Waals surface area (Å²) in [5.74, 6) is 1.21. The van der Waals surface area contributed by atoms with E-state index in [1.54, 1.807) is 16.6 Å². The number of anilines is 1. The first-order valence-corrected chi connectivity index (χ1v) is 10.6. The molecule has 8 heteroatoms. The van der Waals surface area contributed by atoms with E-state index >= 15 is 0 Å². The van der Waals surface area contributed by atoms with Gasteiger partial charge < -0.3 is 10.6 Å². The molecule has 2 N–H and O–H groups in total. The standard InChI is InChI=1S/C24H25FN6O/c1-17(19-5-3-2-4-6-19)15-27-24(32)14-13-23-29-28-22-12-11-21(30-31(22)23)26-16-18-7-9-20(25)10-8-18/h2-12,17H,13-16H2,1H3,(H,26,30)(H,27,32). The molecule has 1 unspecified atom stereocenters. The fourth-order valence-electron chi connectivity index (χ4n) is 3.36. The number of nitrogens with zero attached hydrogens (tertiary/aromatic N) is 4. The number of fused-ring (bicyclic) bond motifs is 1. The van der Waals surface area contributed by atoms with Gasteiger partial charge in [0.25, 0.3) is 0 Å². The first kappa shape index (κ1) is 21.4. The zero-order chi connectivity index (χ0) is 22.3. The first-order chi connectivity index (χ1) is 15.6. The summed E-state index contributed by atoms with van der Waals surface area (Å²) >= 11 is 0. The van der Waals surface area contributed by atoms with Crippen LogP contribution in [0.2, 0.25) is 0 Å². The Labute approximate surface area is 185 Å². The van der Waals surface area contributed by atoms with Crippen molar-refractivity contribution in [2.75, 3.05) is 11.9 Å². The largest absolute Gasteiger partial charge is 0.365 e. The van der Waals surface area contributed by atoms with Crippen molar-refractivity contribution in [1.82, 2.24) is 25.1 Å². The van der Waals surface area contributed by atoms with E-state index < -0.39 is 0 Å². The first-order valence-electron chi connectivity index (χ1n) is 10.6. The summed E-state index contributed by atoms with van der Waals surface area (Å²) < 4.78 is 14.7. The molecular formula is C24H25FN6O. The zero-order valence-corrected chi connectivity index (χ0v) is 17.8. The molecule has 2 aromatic heterocycles. The van der Waals surface area contributed by atoms with Crippen LogP contribution in [0, 0.1) is 5.82 Å². The van der Waals surface area contributed by atoms with Crippen LogP contribution < -0.4 is 10.6 Å². The van der Waals surface area contributed by atoms with Crippen LogP contribution in [0.25, 0.3) is 5.65 Å². The number of amides is 1. The Morgan fingerprint density at radius 3 is 2.59 bits per heavy atom. The monoisotopic (exact) mass is 432 g/mol. The maximum Gasteiger partial charge on any atom is 0.220 e. The molecule has 1 amide bonds. The van der Waals surface area contributed by atoms with Crippen LogP contribution in [0.3, 0.4) is 0 Å². The van der Waals surface area contributed by atoms with Gasteiger partial charge in [0.15, 0.2) is 11.5 Å². The van der Waals surface area contributed by atoms with Crippen LogP contribution in [-0.4, -0.2) is 32.3 Å². The van der Waals surface area contributed by atoms with Crippen molar-refractivity contribution in [2.24, 2.45) is 0 Å². The van der Waals surface area contributed by atoms with E-state index in [2.05, 4.69) is 45.0 Å². The van der Waals surface area contributed by atoms with Gasteiger partial charge in [-0.15, -0.1) is 15.3 Å². The molecule has 0 saturated carbocycles. The molecule has 0 spiro atoms. The molecule has 4 rings (SSSR count). The van der Waals surface area contributed by atoms with Gasteiger partial charge in [-0.05, 0) is 41.3 Å². The number of carbonyl (C=O) groups is 1. The zero-order valence-electron chi connectivity index (χ0n) is 17.8. The smallest absolute Gasteiger partial charge is 0.220 e. The maximum absolute atomic E-state index is 13.0. The number of rotatable bonds is 9. The van der Waals surface area contributed by atoms with E-state index in [0.717, 1.165) is 5.56 Å². The summed E-state index contributed by atoms with van der Waals surface area (Å²) in [7, 11) is 0. The Balaban J connectivity index is 1.32. The second-order valence-electron chi connectivity index (χ2n) is 7.70. The minimum absolute atomic E-state index is 0.0323. The van der Waals surface area contributed by atoms with Gasteiger partial charge in [-0.3, -0.25) is 4.79 Å². The molecule has 32 heavy (non-hydrogen) atoms. The second-order valence-corrected chi connectivity index (χ2v) is 7.70. The van der Waals surface area contributed by atoms with Crippen molar-refractivity contribution in [3.8, 4) is 0 Å². The van der Waals surface area contributed by atoms with E-state index in [1.807, 2.05) is 30.3 Å². The van der Waals surface area contributed by atoms with E-state index in [1.165, 1.54) is 17.7 Å². The fraction of sp³-hybridized carbons (Fsp3) is 0.250. The molecular weight excluding hydrogens is 407 g/mol. The average Bonchev–Trinajstić information content (AvgIpc) is 3.23. The minimum atomic E-state index is -0.263. The molecule has 164 valence electrons. The van der Waals surface area contributed by atoms with Gasteiger partial charge in [0.05, 0.1) is 0 Å². The summed E-state index contributed by atoms with van der Waals surface area (Å²) in [6.45, 7) is 3.18. The number of nitrogens with one attached hydrogen (secondary N) is 2. The molecule has 0 aliphatic carbocycles. The van der Waals surface area contributed by atoms with Crippen molar-refractivity contribution >= 4 is 17.4 Å². The predicted octanol–water partition coefficient (Wildman–Crippen LogP) is 3.73. The van der Waals surface area contributed by atoms with Gasteiger partial charge in [-0.2, -0.15) is 4.52 Å². The molecule has 0 saturated heterocycles. The predicted molar refractivity (Wildman–Crippen MR) is 121 cm³/mol. The molecule has 0 aliphatic rings. The normalized spacial score (nSPS) is 11.9. The molecule has 2 aromatic carbocycles. The SMILES string of the molecule is CC(CNC(=O)CCc1nnc2ccc(NCc3ccc(F)cc3)nn12)c1ccccc1. The molecule has 0 bridgehead atoms. The van der Waals surface area contributed by atoms with E-state index in [9.17, 15) is 9.18 Å². The number of halogens is 1. The number of aromatic nitrogens is 4. The Morgan fingerprint density at radius 1 is 1.03 bits per heavy atom. The van der Waals surface area contributed by atoms with E-state index in [0.29, 0.717) is 43.2 Å². The summed E-state index contributed by atoms with van der Waals surface area (Å²) in [6.07, 6.45) is 0.734.